The van der Waals surface area contributed by atoms with Gasteiger partial charge in [-0.05, 0) is 18.2 Å². The molecule has 0 aromatic heterocycles. The smallest absolute Gasteiger partial charge is 0.253 e. The second-order valence-corrected chi connectivity index (χ2v) is 8.22. The van der Waals surface area contributed by atoms with Crippen molar-refractivity contribution in [3.8, 4) is 5.75 Å². The molecule has 1 aromatic carbocycles. The van der Waals surface area contributed by atoms with Crippen LogP contribution in [0, 0.1) is 5.41 Å². The zero-order chi connectivity index (χ0) is 19.8. The van der Waals surface area contributed by atoms with Crippen molar-refractivity contribution < 1.29 is 19.1 Å². The summed E-state index contributed by atoms with van der Waals surface area (Å²) in [6.45, 7) is 4.68. The van der Waals surface area contributed by atoms with Gasteiger partial charge in [-0.2, -0.15) is 0 Å². The van der Waals surface area contributed by atoms with Crippen LogP contribution < -0.4 is 9.64 Å². The van der Waals surface area contributed by atoms with Crippen LogP contribution in [0.5, 0.6) is 5.75 Å². The zero-order valence-corrected chi connectivity index (χ0v) is 16.8. The third-order valence-electron chi connectivity index (χ3n) is 5.33. The van der Waals surface area contributed by atoms with Gasteiger partial charge in [0, 0.05) is 45.7 Å². The Hall–Kier alpha value is -2.28. The molecule has 0 spiro atoms. The Kier molecular flexibility index (Phi) is 5.33. The van der Waals surface area contributed by atoms with Gasteiger partial charge in [-0.25, -0.2) is 0 Å². The number of nitrogens with zero attached hydrogens (tertiary/aromatic N) is 3. The topological polar surface area (TPSA) is 62.3 Å². The summed E-state index contributed by atoms with van der Waals surface area (Å²) in [5, 5.41) is 0. The third-order valence-corrected chi connectivity index (χ3v) is 5.33. The first-order valence-electron chi connectivity index (χ1n) is 9.23. The first kappa shape index (κ1) is 19.5. The maximum Gasteiger partial charge on any atom is 0.253 e. The second-order valence-electron chi connectivity index (χ2n) is 8.22. The van der Waals surface area contributed by atoms with Gasteiger partial charge in [0.25, 0.3) is 5.91 Å². The summed E-state index contributed by atoms with van der Waals surface area (Å²) in [7, 11) is 7.25. The van der Waals surface area contributed by atoms with Gasteiger partial charge in [0.15, 0.2) is 0 Å². The molecule has 1 fully saturated rings. The molecule has 0 bridgehead atoms. The van der Waals surface area contributed by atoms with Crippen LogP contribution in [0.2, 0.25) is 0 Å². The van der Waals surface area contributed by atoms with Gasteiger partial charge >= 0.3 is 0 Å². The molecule has 1 aromatic rings. The van der Waals surface area contributed by atoms with Crippen LogP contribution in [-0.2, 0) is 9.53 Å². The number of likely N-dealkylation sites (N-methyl/N-ethyl adjacent to an activating group) is 1. The van der Waals surface area contributed by atoms with Gasteiger partial charge in [0.05, 0.1) is 31.4 Å². The highest BCUT2D eigenvalue weighted by Gasteiger charge is 2.36. The number of ether oxygens (including phenoxy) is 2. The van der Waals surface area contributed by atoms with E-state index in [9.17, 15) is 9.59 Å². The van der Waals surface area contributed by atoms with Crippen LogP contribution in [0.4, 0.5) is 5.69 Å². The number of amides is 2. The van der Waals surface area contributed by atoms with E-state index in [2.05, 4.69) is 6.92 Å². The lowest BCUT2D eigenvalue weighted by atomic mass is 9.88. The number of carbonyl (C=O) groups excluding carboxylic acids is 2. The SMILES string of the molecule is CN(C)C(=O)c1ccc2c(c1)N(C)[C@@H](CC(=O)N(C)CC1(C)COC1)CO2. The van der Waals surface area contributed by atoms with Crippen molar-refractivity contribution in [2.75, 3.05) is 59.5 Å². The number of anilines is 1. The quantitative estimate of drug-likeness (QED) is 0.780. The molecule has 3 rings (SSSR count). The molecule has 7 nitrogen and oxygen atoms in total. The normalized spacial score (nSPS) is 20.2. The summed E-state index contributed by atoms with van der Waals surface area (Å²) >= 11 is 0. The molecule has 0 aliphatic carbocycles. The summed E-state index contributed by atoms with van der Waals surface area (Å²) in [5.41, 5.74) is 1.51. The fourth-order valence-corrected chi connectivity index (χ4v) is 3.56. The number of rotatable bonds is 5. The Bertz CT molecular complexity index is 730. The number of hydrogen-bond acceptors (Lipinski definition) is 5. The van der Waals surface area contributed by atoms with Gasteiger partial charge in [0.1, 0.15) is 12.4 Å². The van der Waals surface area contributed by atoms with Crippen molar-refractivity contribution in [3.63, 3.8) is 0 Å². The first-order chi connectivity index (χ1) is 12.7. The highest BCUT2D eigenvalue weighted by atomic mass is 16.5. The zero-order valence-electron chi connectivity index (χ0n) is 16.8. The molecule has 1 atom stereocenters. The molecular formula is C20H29N3O4. The first-order valence-corrected chi connectivity index (χ1v) is 9.23. The van der Waals surface area contributed by atoms with Crippen LogP contribution in [0.1, 0.15) is 23.7 Å². The minimum Gasteiger partial charge on any atom is -0.489 e. The molecule has 27 heavy (non-hydrogen) atoms. The second kappa shape index (κ2) is 7.38. The van der Waals surface area contributed by atoms with E-state index in [-0.39, 0.29) is 23.3 Å². The standard InChI is InChI=1S/C20H29N3O4/c1-20(12-26-13-20)11-22(4)18(24)9-15-10-27-17-7-6-14(19(25)21(2)3)8-16(17)23(15)5/h6-8,15H,9-13H2,1-5H3/t15-/m0/s1. The van der Waals surface area contributed by atoms with E-state index in [1.165, 1.54) is 0 Å². The largest absolute Gasteiger partial charge is 0.489 e. The Balaban J connectivity index is 1.68. The minimum atomic E-state index is -0.0670. The average molecular weight is 375 g/mol. The highest BCUT2D eigenvalue weighted by molar-refractivity contribution is 5.95. The van der Waals surface area contributed by atoms with Gasteiger partial charge in [-0.1, -0.05) is 6.92 Å². The van der Waals surface area contributed by atoms with E-state index in [0.29, 0.717) is 38.3 Å². The average Bonchev–Trinajstić information content (AvgIpc) is 2.61. The predicted molar refractivity (Wildman–Crippen MR) is 103 cm³/mol. The maximum atomic E-state index is 12.7. The highest BCUT2D eigenvalue weighted by Crippen LogP contribution is 2.35. The molecule has 0 N–H and O–H groups in total. The van der Waals surface area contributed by atoms with E-state index in [1.54, 1.807) is 30.0 Å². The van der Waals surface area contributed by atoms with E-state index in [1.807, 2.05) is 31.1 Å². The van der Waals surface area contributed by atoms with E-state index in [0.717, 1.165) is 11.4 Å². The summed E-state index contributed by atoms with van der Waals surface area (Å²) in [4.78, 5) is 30.3. The Labute approximate surface area is 160 Å². The Morgan fingerprint density at radius 3 is 2.56 bits per heavy atom. The van der Waals surface area contributed by atoms with Crippen molar-refractivity contribution >= 4 is 17.5 Å². The summed E-state index contributed by atoms with van der Waals surface area (Å²) in [5.74, 6) is 0.775. The molecule has 7 heteroatoms. The maximum absolute atomic E-state index is 12.7. The van der Waals surface area contributed by atoms with Crippen LogP contribution in [0.15, 0.2) is 18.2 Å². The van der Waals surface area contributed by atoms with Crippen LogP contribution in [0.25, 0.3) is 0 Å². The van der Waals surface area contributed by atoms with Gasteiger partial charge < -0.3 is 24.2 Å². The van der Waals surface area contributed by atoms with E-state index >= 15 is 0 Å². The Morgan fingerprint density at radius 1 is 1.26 bits per heavy atom. The number of benzene rings is 1. The molecule has 0 unspecified atom stereocenters. The third kappa shape index (κ3) is 4.03. The van der Waals surface area contributed by atoms with Gasteiger partial charge in [-0.15, -0.1) is 0 Å². The van der Waals surface area contributed by atoms with E-state index < -0.39 is 0 Å². The van der Waals surface area contributed by atoms with Crippen molar-refractivity contribution in [3.05, 3.63) is 23.8 Å². The summed E-state index contributed by atoms with van der Waals surface area (Å²) < 4.78 is 11.1. The van der Waals surface area contributed by atoms with Crippen molar-refractivity contribution in [1.29, 1.82) is 0 Å². The van der Waals surface area contributed by atoms with Crippen molar-refractivity contribution in [1.82, 2.24) is 9.80 Å². The lowest BCUT2D eigenvalue weighted by Gasteiger charge is -2.41. The summed E-state index contributed by atoms with van der Waals surface area (Å²) in [6.07, 6.45) is 0.370. The number of carbonyl (C=O) groups is 2. The molecule has 2 heterocycles. The molecule has 2 amide bonds. The van der Waals surface area contributed by atoms with Crippen LogP contribution in [0.3, 0.4) is 0 Å². The molecule has 148 valence electrons. The molecule has 0 saturated carbocycles. The van der Waals surface area contributed by atoms with Gasteiger partial charge in [0.2, 0.25) is 5.91 Å². The van der Waals surface area contributed by atoms with E-state index in [4.69, 9.17) is 9.47 Å². The molecular weight excluding hydrogens is 346 g/mol. The fraction of sp³-hybridized carbons (Fsp3) is 0.600. The lowest BCUT2D eigenvalue weighted by Crippen LogP contribution is -2.50. The summed E-state index contributed by atoms with van der Waals surface area (Å²) in [6, 6.07) is 5.37. The molecule has 1 saturated heterocycles. The fourth-order valence-electron chi connectivity index (χ4n) is 3.56. The molecule has 0 radical (unpaired) electrons. The Morgan fingerprint density at radius 2 is 1.96 bits per heavy atom. The molecule has 2 aliphatic heterocycles. The predicted octanol–water partition coefficient (Wildman–Crippen LogP) is 1.47. The molecule has 2 aliphatic rings. The number of fused-ring (bicyclic) bond motifs is 1. The van der Waals surface area contributed by atoms with Crippen LogP contribution in [-0.4, -0.2) is 82.2 Å². The monoisotopic (exact) mass is 375 g/mol. The minimum absolute atomic E-state index is 0.0555. The number of hydrogen-bond donors (Lipinski definition) is 0. The lowest BCUT2D eigenvalue weighted by molar-refractivity contribution is -0.142. The van der Waals surface area contributed by atoms with Crippen molar-refractivity contribution in [2.45, 2.75) is 19.4 Å². The van der Waals surface area contributed by atoms with Crippen LogP contribution >= 0.6 is 0 Å². The van der Waals surface area contributed by atoms with Crippen molar-refractivity contribution in [2.24, 2.45) is 5.41 Å². The van der Waals surface area contributed by atoms with Gasteiger partial charge in [-0.3, -0.25) is 9.59 Å².